The predicted molar refractivity (Wildman–Crippen MR) is 82.1 cm³/mol. The van der Waals surface area contributed by atoms with Gasteiger partial charge in [0.15, 0.2) is 0 Å². The molecular weight excluding hydrogens is 298 g/mol. The lowest BCUT2D eigenvalue weighted by molar-refractivity contribution is -0.147. The minimum atomic E-state index is -1.18. The Hall–Kier alpha value is -2.63. The Morgan fingerprint density at radius 2 is 1.91 bits per heavy atom. The van der Waals surface area contributed by atoms with Crippen molar-refractivity contribution in [3.63, 3.8) is 0 Å². The van der Waals surface area contributed by atoms with E-state index in [9.17, 15) is 19.5 Å². The fourth-order valence-electron chi connectivity index (χ4n) is 2.72. The number of allylic oxidation sites excluding steroid dienone is 1. The normalized spacial score (nSPS) is 17.6. The third-order valence-corrected chi connectivity index (χ3v) is 3.80. The number of benzene rings is 1. The highest BCUT2D eigenvalue weighted by Crippen LogP contribution is 2.33. The number of hydrogen-bond acceptors (Lipinski definition) is 4. The number of carboxylic acid groups (broad SMARTS) is 1. The van der Waals surface area contributed by atoms with Crippen LogP contribution in [0.15, 0.2) is 41.6 Å². The van der Waals surface area contributed by atoms with Crippen LogP contribution in [0.1, 0.15) is 25.8 Å². The van der Waals surface area contributed by atoms with Crippen LogP contribution in [0.3, 0.4) is 0 Å². The van der Waals surface area contributed by atoms with Gasteiger partial charge in [-0.3, -0.25) is 9.59 Å². The van der Waals surface area contributed by atoms with Gasteiger partial charge in [-0.1, -0.05) is 30.3 Å². The zero-order valence-corrected chi connectivity index (χ0v) is 13.1. The number of ether oxygens (including phenoxy) is 1. The molecule has 0 fully saturated rings. The first-order valence-corrected chi connectivity index (χ1v) is 7.40. The van der Waals surface area contributed by atoms with Crippen molar-refractivity contribution in [2.75, 3.05) is 6.61 Å². The Morgan fingerprint density at radius 1 is 1.26 bits per heavy atom. The van der Waals surface area contributed by atoms with Crippen LogP contribution in [-0.2, 0) is 25.7 Å². The molecule has 1 aromatic rings. The number of carbonyl (C=O) groups excluding carboxylic acids is 2. The quantitative estimate of drug-likeness (QED) is 0.811. The molecule has 122 valence electrons. The summed E-state index contributed by atoms with van der Waals surface area (Å²) in [7, 11) is 0. The third kappa shape index (κ3) is 3.59. The predicted octanol–water partition coefficient (Wildman–Crippen LogP) is 1.96. The fraction of sp³-hybridized carbons (Fsp3) is 0.353. The van der Waals surface area contributed by atoms with E-state index in [1.54, 1.807) is 13.8 Å². The SMILES string of the molecule is CCOC(=O)CC1C(=O)N(Cc2ccccc2)C(C)=C1C(=O)O. The minimum Gasteiger partial charge on any atom is -0.478 e. The molecule has 1 heterocycles. The van der Waals surface area contributed by atoms with E-state index in [1.165, 1.54) is 4.90 Å². The van der Waals surface area contributed by atoms with Crippen LogP contribution in [0.2, 0.25) is 0 Å². The van der Waals surface area contributed by atoms with Gasteiger partial charge in [0.25, 0.3) is 0 Å². The molecule has 0 aliphatic carbocycles. The van der Waals surface area contributed by atoms with Crippen LogP contribution >= 0.6 is 0 Å². The van der Waals surface area contributed by atoms with Crippen LogP contribution in [0.25, 0.3) is 0 Å². The van der Waals surface area contributed by atoms with Gasteiger partial charge >= 0.3 is 11.9 Å². The topological polar surface area (TPSA) is 83.9 Å². The van der Waals surface area contributed by atoms with Gasteiger partial charge in [0.05, 0.1) is 31.1 Å². The molecule has 6 nitrogen and oxygen atoms in total. The molecule has 23 heavy (non-hydrogen) atoms. The Bertz CT molecular complexity index is 650. The lowest BCUT2D eigenvalue weighted by atomic mass is 9.97. The van der Waals surface area contributed by atoms with Gasteiger partial charge in [-0.15, -0.1) is 0 Å². The number of hydrogen-bond donors (Lipinski definition) is 1. The number of esters is 1. The maximum absolute atomic E-state index is 12.6. The van der Waals surface area contributed by atoms with E-state index in [1.807, 2.05) is 30.3 Å². The van der Waals surface area contributed by atoms with Crippen molar-refractivity contribution >= 4 is 17.8 Å². The number of carbonyl (C=O) groups is 3. The monoisotopic (exact) mass is 317 g/mol. The van der Waals surface area contributed by atoms with Crippen LogP contribution in [0.5, 0.6) is 0 Å². The highest BCUT2D eigenvalue weighted by molar-refractivity contribution is 6.02. The summed E-state index contributed by atoms with van der Waals surface area (Å²) in [6, 6.07) is 9.29. The largest absolute Gasteiger partial charge is 0.478 e. The molecule has 1 aromatic carbocycles. The summed E-state index contributed by atoms with van der Waals surface area (Å²) in [6.07, 6.45) is -0.253. The van der Waals surface area contributed by atoms with Gasteiger partial charge in [0.1, 0.15) is 0 Å². The summed E-state index contributed by atoms with van der Waals surface area (Å²) < 4.78 is 4.84. The molecular formula is C17H19NO5. The van der Waals surface area contributed by atoms with Gasteiger partial charge < -0.3 is 14.7 Å². The second-order valence-electron chi connectivity index (χ2n) is 5.28. The van der Waals surface area contributed by atoms with Crippen molar-refractivity contribution in [1.29, 1.82) is 0 Å². The molecule has 2 rings (SSSR count). The molecule has 0 saturated heterocycles. The highest BCUT2D eigenvalue weighted by Gasteiger charge is 2.42. The molecule has 1 amide bonds. The fourth-order valence-corrected chi connectivity index (χ4v) is 2.72. The highest BCUT2D eigenvalue weighted by atomic mass is 16.5. The summed E-state index contributed by atoms with van der Waals surface area (Å²) in [5.41, 5.74) is 1.24. The molecule has 0 radical (unpaired) electrons. The number of carboxylic acids is 1. The molecule has 1 aliphatic heterocycles. The van der Waals surface area contributed by atoms with E-state index in [0.29, 0.717) is 5.70 Å². The maximum atomic E-state index is 12.6. The van der Waals surface area contributed by atoms with Crippen molar-refractivity contribution in [3.8, 4) is 0 Å². The molecule has 0 saturated carbocycles. The van der Waals surface area contributed by atoms with Gasteiger partial charge in [0, 0.05) is 5.70 Å². The van der Waals surface area contributed by atoms with Crippen LogP contribution in [0, 0.1) is 5.92 Å². The van der Waals surface area contributed by atoms with Crippen molar-refractivity contribution in [2.45, 2.75) is 26.8 Å². The van der Waals surface area contributed by atoms with Crippen molar-refractivity contribution in [3.05, 3.63) is 47.2 Å². The van der Waals surface area contributed by atoms with Gasteiger partial charge in [-0.05, 0) is 19.4 Å². The van der Waals surface area contributed by atoms with Crippen LogP contribution < -0.4 is 0 Å². The van der Waals surface area contributed by atoms with E-state index in [-0.39, 0.29) is 31.1 Å². The number of amides is 1. The van der Waals surface area contributed by atoms with Gasteiger partial charge in [0.2, 0.25) is 5.91 Å². The molecule has 1 N–H and O–H groups in total. The Labute approximate surface area is 134 Å². The van der Waals surface area contributed by atoms with Gasteiger partial charge in [-0.25, -0.2) is 4.79 Å². The summed E-state index contributed by atoms with van der Waals surface area (Å²) in [4.78, 5) is 37.2. The smallest absolute Gasteiger partial charge is 0.334 e. The van der Waals surface area contributed by atoms with E-state index in [2.05, 4.69) is 0 Å². The van der Waals surface area contributed by atoms with Crippen LogP contribution in [-0.4, -0.2) is 34.5 Å². The van der Waals surface area contributed by atoms with E-state index in [4.69, 9.17) is 4.74 Å². The second kappa shape index (κ2) is 7.09. The van der Waals surface area contributed by atoms with Crippen molar-refractivity contribution in [1.82, 2.24) is 4.90 Å². The summed E-state index contributed by atoms with van der Waals surface area (Å²) in [6.45, 7) is 3.73. The van der Waals surface area contributed by atoms with Crippen molar-refractivity contribution in [2.24, 2.45) is 5.92 Å². The van der Waals surface area contributed by atoms with E-state index < -0.39 is 17.9 Å². The van der Waals surface area contributed by atoms with Crippen LogP contribution in [0.4, 0.5) is 0 Å². The molecule has 1 atom stereocenters. The summed E-state index contributed by atoms with van der Waals surface area (Å²) in [5, 5.41) is 9.41. The molecule has 6 heteroatoms. The van der Waals surface area contributed by atoms with Crippen molar-refractivity contribution < 1.29 is 24.2 Å². The Balaban J connectivity index is 2.26. The Morgan fingerprint density at radius 3 is 2.48 bits per heavy atom. The third-order valence-electron chi connectivity index (χ3n) is 3.80. The number of rotatable bonds is 6. The number of nitrogens with zero attached hydrogens (tertiary/aromatic N) is 1. The minimum absolute atomic E-state index is 0.0287. The maximum Gasteiger partial charge on any atom is 0.334 e. The molecule has 0 spiro atoms. The molecule has 1 unspecified atom stereocenters. The lowest BCUT2D eigenvalue weighted by Crippen LogP contribution is -2.29. The molecule has 0 aromatic heterocycles. The zero-order chi connectivity index (χ0) is 17.0. The Kier molecular flexibility index (Phi) is 5.16. The second-order valence-corrected chi connectivity index (χ2v) is 5.28. The average molecular weight is 317 g/mol. The lowest BCUT2D eigenvalue weighted by Gasteiger charge is -2.19. The standard InChI is InChI=1S/C17H19NO5/c1-3-23-14(19)9-13-15(17(21)22)11(2)18(16(13)20)10-12-7-5-4-6-8-12/h4-8,13H,3,9-10H2,1-2H3,(H,21,22). The summed E-state index contributed by atoms with van der Waals surface area (Å²) in [5.74, 6) is -3.12. The summed E-state index contributed by atoms with van der Waals surface area (Å²) >= 11 is 0. The first-order valence-electron chi connectivity index (χ1n) is 7.40. The van der Waals surface area contributed by atoms with E-state index in [0.717, 1.165) is 5.56 Å². The average Bonchev–Trinajstić information content (AvgIpc) is 2.73. The first kappa shape index (κ1) is 16.7. The van der Waals surface area contributed by atoms with Gasteiger partial charge in [-0.2, -0.15) is 0 Å². The molecule has 0 bridgehead atoms. The number of aliphatic carboxylic acids is 1. The molecule has 1 aliphatic rings. The first-order chi connectivity index (χ1) is 11.0. The zero-order valence-electron chi connectivity index (χ0n) is 13.1. The van der Waals surface area contributed by atoms with E-state index >= 15 is 0 Å².